The highest BCUT2D eigenvalue weighted by atomic mass is 35.5. The fraction of sp³-hybridized carbons (Fsp3) is 0. The minimum Gasteiger partial charge on any atom is -0.508 e. The molecule has 0 amide bonds. The molecule has 1 N–H and O–H groups in total. The van der Waals surface area contributed by atoms with E-state index in [2.05, 4.69) is 0 Å². The number of carbonyl (C=O) groups excluding carboxylic acids is 1. The lowest BCUT2D eigenvalue weighted by atomic mass is 10.1. The zero-order valence-electron chi connectivity index (χ0n) is 10.9. The van der Waals surface area contributed by atoms with Crippen molar-refractivity contribution in [1.82, 2.24) is 0 Å². The molecule has 0 radical (unpaired) electrons. The second kappa shape index (κ2) is 5.46. The van der Waals surface area contributed by atoms with Gasteiger partial charge in [-0.1, -0.05) is 29.8 Å². The third-order valence-corrected chi connectivity index (χ3v) is 3.25. The standard InChI is InChI=1S/C17H11ClO3/c18-13-5-7-16-12(9-13)10-17(21-16)15(20)6-4-11-2-1-3-14(19)8-11/h1-10,19H/b6-4+. The van der Waals surface area contributed by atoms with Crippen LogP contribution < -0.4 is 0 Å². The van der Waals surface area contributed by atoms with Crippen molar-refractivity contribution in [1.29, 1.82) is 0 Å². The number of aromatic hydroxyl groups is 1. The van der Waals surface area contributed by atoms with Gasteiger partial charge in [0.1, 0.15) is 11.3 Å². The second-order valence-electron chi connectivity index (χ2n) is 4.59. The van der Waals surface area contributed by atoms with Crippen LogP contribution in [0.3, 0.4) is 0 Å². The molecule has 1 heterocycles. The zero-order valence-corrected chi connectivity index (χ0v) is 11.7. The monoisotopic (exact) mass is 298 g/mol. The smallest absolute Gasteiger partial charge is 0.221 e. The average Bonchev–Trinajstić information content (AvgIpc) is 2.88. The molecule has 21 heavy (non-hydrogen) atoms. The Morgan fingerprint density at radius 2 is 2.00 bits per heavy atom. The highest BCUT2D eigenvalue weighted by Gasteiger charge is 2.09. The molecule has 2 aromatic carbocycles. The van der Waals surface area contributed by atoms with Gasteiger partial charge in [0, 0.05) is 10.4 Å². The van der Waals surface area contributed by atoms with Gasteiger partial charge in [0.25, 0.3) is 0 Å². The Bertz CT molecular complexity index is 846. The van der Waals surface area contributed by atoms with Gasteiger partial charge in [-0.05, 0) is 48.0 Å². The fourth-order valence-electron chi connectivity index (χ4n) is 2.02. The van der Waals surface area contributed by atoms with E-state index in [0.717, 1.165) is 10.9 Å². The summed E-state index contributed by atoms with van der Waals surface area (Å²) >= 11 is 5.90. The molecule has 0 fully saturated rings. The van der Waals surface area contributed by atoms with Gasteiger partial charge >= 0.3 is 0 Å². The number of rotatable bonds is 3. The molecule has 3 aromatic rings. The lowest BCUT2D eigenvalue weighted by molar-refractivity contribution is 0.102. The van der Waals surface area contributed by atoms with E-state index in [9.17, 15) is 9.90 Å². The zero-order chi connectivity index (χ0) is 14.8. The molecule has 0 saturated heterocycles. The summed E-state index contributed by atoms with van der Waals surface area (Å²) in [5.74, 6) is 0.164. The van der Waals surface area contributed by atoms with E-state index in [1.165, 1.54) is 6.08 Å². The molecule has 104 valence electrons. The van der Waals surface area contributed by atoms with Crippen molar-refractivity contribution in [3.05, 3.63) is 71.0 Å². The van der Waals surface area contributed by atoms with Crippen LogP contribution >= 0.6 is 11.6 Å². The van der Waals surface area contributed by atoms with Gasteiger partial charge in [0.2, 0.25) is 5.78 Å². The molecule has 0 saturated carbocycles. The predicted octanol–water partition coefficient (Wildman–Crippen LogP) is 4.69. The topological polar surface area (TPSA) is 50.4 Å². The summed E-state index contributed by atoms with van der Waals surface area (Å²) in [5, 5.41) is 10.8. The lowest BCUT2D eigenvalue weighted by Gasteiger charge is -1.94. The minimum atomic E-state index is -0.245. The van der Waals surface area contributed by atoms with Gasteiger partial charge in [-0.25, -0.2) is 0 Å². The van der Waals surface area contributed by atoms with Crippen LogP contribution in [-0.2, 0) is 0 Å². The van der Waals surface area contributed by atoms with Gasteiger partial charge in [0.15, 0.2) is 5.76 Å². The van der Waals surface area contributed by atoms with Crippen LogP contribution in [-0.4, -0.2) is 10.9 Å². The van der Waals surface area contributed by atoms with Crippen molar-refractivity contribution in [3.63, 3.8) is 0 Å². The summed E-state index contributed by atoms with van der Waals surface area (Å²) in [6.45, 7) is 0. The average molecular weight is 299 g/mol. The van der Waals surface area contributed by atoms with E-state index in [1.807, 2.05) is 0 Å². The number of ketones is 1. The highest BCUT2D eigenvalue weighted by Crippen LogP contribution is 2.23. The third kappa shape index (κ3) is 2.98. The molecule has 0 atom stereocenters. The molecule has 0 aliphatic heterocycles. The van der Waals surface area contributed by atoms with E-state index in [1.54, 1.807) is 54.6 Å². The quantitative estimate of drug-likeness (QED) is 0.564. The first-order valence-corrected chi connectivity index (χ1v) is 6.70. The van der Waals surface area contributed by atoms with Crippen molar-refractivity contribution >= 4 is 34.4 Å². The first-order valence-electron chi connectivity index (χ1n) is 6.32. The normalized spacial score (nSPS) is 11.3. The lowest BCUT2D eigenvalue weighted by Crippen LogP contribution is -1.90. The van der Waals surface area contributed by atoms with E-state index >= 15 is 0 Å². The summed E-state index contributed by atoms with van der Waals surface area (Å²) in [7, 11) is 0. The van der Waals surface area contributed by atoms with Crippen LogP contribution in [0.5, 0.6) is 5.75 Å². The van der Waals surface area contributed by atoms with Crippen molar-refractivity contribution in [3.8, 4) is 5.75 Å². The van der Waals surface area contributed by atoms with Crippen LogP contribution in [0.2, 0.25) is 5.02 Å². The van der Waals surface area contributed by atoms with Gasteiger partial charge < -0.3 is 9.52 Å². The van der Waals surface area contributed by atoms with Crippen LogP contribution in [0.15, 0.2) is 59.0 Å². The number of phenols is 1. The van der Waals surface area contributed by atoms with E-state index < -0.39 is 0 Å². The maximum Gasteiger partial charge on any atom is 0.221 e. The predicted molar refractivity (Wildman–Crippen MR) is 82.7 cm³/mol. The Morgan fingerprint density at radius 1 is 1.14 bits per heavy atom. The number of phenolic OH excluding ortho intramolecular Hbond substituents is 1. The number of fused-ring (bicyclic) bond motifs is 1. The Balaban J connectivity index is 1.86. The molecular formula is C17H11ClO3. The minimum absolute atomic E-state index is 0.156. The molecule has 0 aliphatic rings. The number of hydrogen-bond acceptors (Lipinski definition) is 3. The van der Waals surface area contributed by atoms with Gasteiger partial charge in [0.05, 0.1) is 0 Å². The highest BCUT2D eigenvalue weighted by molar-refractivity contribution is 6.31. The van der Waals surface area contributed by atoms with Crippen molar-refractivity contribution in [2.75, 3.05) is 0 Å². The van der Waals surface area contributed by atoms with E-state index in [-0.39, 0.29) is 17.3 Å². The Labute approximate surface area is 126 Å². The molecule has 3 nitrogen and oxygen atoms in total. The maximum atomic E-state index is 12.1. The Kier molecular flexibility index (Phi) is 3.50. The number of allylic oxidation sites excluding steroid dienone is 1. The van der Waals surface area contributed by atoms with Gasteiger partial charge in [-0.15, -0.1) is 0 Å². The fourth-order valence-corrected chi connectivity index (χ4v) is 2.20. The number of carbonyl (C=O) groups is 1. The molecule has 0 unspecified atom stereocenters. The van der Waals surface area contributed by atoms with E-state index in [0.29, 0.717) is 10.6 Å². The molecule has 0 spiro atoms. The SMILES string of the molecule is O=C(/C=C/c1cccc(O)c1)c1cc2cc(Cl)ccc2o1. The molecule has 4 heteroatoms. The third-order valence-electron chi connectivity index (χ3n) is 3.02. The largest absolute Gasteiger partial charge is 0.508 e. The summed E-state index contributed by atoms with van der Waals surface area (Å²) in [6.07, 6.45) is 3.04. The van der Waals surface area contributed by atoms with Crippen LogP contribution in [0.25, 0.3) is 17.0 Å². The summed E-state index contributed by atoms with van der Waals surface area (Å²) in [4.78, 5) is 12.1. The number of furan rings is 1. The van der Waals surface area contributed by atoms with Crippen molar-refractivity contribution in [2.24, 2.45) is 0 Å². The summed E-state index contributed by atoms with van der Waals surface area (Å²) < 4.78 is 5.49. The molecule has 1 aromatic heterocycles. The van der Waals surface area contributed by atoms with Gasteiger partial charge in [-0.2, -0.15) is 0 Å². The number of halogens is 1. The number of benzene rings is 2. The van der Waals surface area contributed by atoms with Crippen LogP contribution in [0.4, 0.5) is 0 Å². The van der Waals surface area contributed by atoms with Crippen LogP contribution in [0.1, 0.15) is 16.1 Å². The Hall–Kier alpha value is -2.52. The first kappa shape index (κ1) is 13.5. The summed E-state index contributed by atoms with van der Waals surface area (Å²) in [5.41, 5.74) is 1.36. The van der Waals surface area contributed by atoms with Gasteiger partial charge in [-0.3, -0.25) is 4.79 Å². The Morgan fingerprint density at radius 3 is 2.81 bits per heavy atom. The number of hydrogen-bond donors (Lipinski definition) is 1. The van der Waals surface area contributed by atoms with Crippen molar-refractivity contribution < 1.29 is 14.3 Å². The molecular weight excluding hydrogens is 288 g/mol. The van der Waals surface area contributed by atoms with Crippen LogP contribution in [0, 0.1) is 0 Å². The first-order chi connectivity index (χ1) is 10.1. The molecule has 0 bridgehead atoms. The second-order valence-corrected chi connectivity index (χ2v) is 5.02. The maximum absolute atomic E-state index is 12.1. The summed E-state index contributed by atoms with van der Waals surface area (Å²) in [6, 6.07) is 13.5. The molecule has 3 rings (SSSR count). The molecule has 0 aliphatic carbocycles. The van der Waals surface area contributed by atoms with Crippen molar-refractivity contribution in [2.45, 2.75) is 0 Å². The van der Waals surface area contributed by atoms with E-state index in [4.69, 9.17) is 16.0 Å².